The summed E-state index contributed by atoms with van der Waals surface area (Å²) in [5.74, 6) is -1.55. The van der Waals surface area contributed by atoms with Crippen LogP contribution in [-0.4, -0.2) is 30.1 Å². The molecule has 1 aromatic heterocycles. The van der Waals surface area contributed by atoms with Crippen LogP contribution in [0.3, 0.4) is 0 Å². The van der Waals surface area contributed by atoms with E-state index in [4.69, 9.17) is 9.47 Å². The molecule has 0 radical (unpaired) electrons. The Morgan fingerprint density at radius 2 is 1.56 bits per heavy atom. The third-order valence-electron chi connectivity index (χ3n) is 3.73. The molecule has 0 fully saturated rings. The van der Waals surface area contributed by atoms with Gasteiger partial charge in [-0.15, -0.1) is 12.4 Å². The molecule has 0 aromatic carbocycles. The molecule has 6 nitrogen and oxygen atoms in total. The van der Waals surface area contributed by atoms with Crippen LogP contribution in [0.4, 0.5) is 0 Å². The van der Waals surface area contributed by atoms with E-state index in [1.807, 2.05) is 6.07 Å². The second kappa shape index (κ2) is 9.22. The predicted molar refractivity (Wildman–Crippen MR) is 96.0 cm³/mol. The lowest BCUT2D eigenvalue weighted by Crippen LogP contribution is -2.32. The smallest absolute Gasteiger partial charge is 0.336 e. The molecule has 0 amide bonds. The van der Waals surface area contributed by atoms with Crippen molar-refractivity contribution in [1.82, 2.24) is 10.3 Å². The normalized spacial score (nSPS) is 14.6. The maximum atomic E-state index is 12.5. The van der Waals surface area contributed by atoms with Crippen molar-refractivity contribution in [1.29, 1.82) is 0 Å². The van der Waals surface area contributed by atoms with Crippen molar-refractivity contribution in [3.63, 3.8) is 0 Å². The Labute approximate surface area is 153 Å². The fraction of sp³-hybridized carbons (Fsp3) is 0.389. The van der Waals surface area contributed by atoms with Crippen molar-refractivity contribution in [2.24, 2.45) is 0 Å². The highest BCUT2D eigenvalue weighted by atomic mass is 35.5. The zero-order chi connectivity index (χ0) is 17.7. The highest BCUT2D eigenvalue weighted by molar-refractivity contribution is 5.99. The van der Waals surface area contributed by atoms with E-state index in [9.17, 15) is 9.59 Å². The summed E-state index contributed by atoms with van der Waals surface area (Å²) in [7, 11) is 0. The lowest BCUT2D eigenvalue weighted by atomic mass is 9.83. The van der Waals surface area contributed by atoms with E-state index in [0.717, 1.165) is 0 Å². The number of carbonyl (C=O) groups excluding carboxylic acids is 2. The van der Waals surface area contributed by atoms with Gasteiger partial charge >= 0.3 is 11.9 Å². The minimum absolute atomic E-state index is 0. The van der Waals surface area contributed by atoms with Crippen LogP contribution in [0, 0.1) is 0 Å². The van der Waals surface area contributed by atoms with Gasteiger partial charge < -0.3 is 14.8 Å². The monoisotopic (exact) mass is 366 g/mol. The molecule has 0 atom stereocenters. The van der Waals surface area contributed by atoms with E-state index in [2.05, 4.69) is 10.3 Å². The molecule has 136 valence electrons. The number of aromatic nitrogens is 1. The average Bonchev–Trinajstić information content (AvgIpc) is 2.55. The van der Waals surface area contributed by atoms with Gasteiger partial charge in [-0.3, -0.25) is 4.98 Å². The highest BCUT2D eigenvalue weighted by Gasteiger charge is 2.38. The SMILES string of the molecule is CCOC(=O)C1=C(C)NC(C)=C(C(=O)OCC)C1c1ccccn1.Cl. The molecule has 25 heavy (non-hydrogen) atoms. The van der Waals surface area contributed by atoms with Gasteiger partial charge in [0.2, 0.25) is 0 Å². The molecule has 1 N–H and O–H groups in total. The summed E-state index contributed by atoms with van der Waals surface area (Å²) in [5.41, 5.74) is 2.65. The molecule has 0 unspecified atom stereocenters. The van der Waals surface area contributed by atoms with Gasteiger partial charge in [0.25, 0.3) is 0 Å². The summed E-state index contributed by atoms with van der Waals surface area (Å²) in [6.07, 6.45) is 1.63. The summed E-state index contributed by atoms with van der Waals surface area (Å²) >= 11 is 0. The standard InChI is InChI=1S/C18H22N2O4.ClH/c1-5-23-17(21)14-11(3)20-12(4)15(18(22)24-6-2)16(14)13-9-7-8-10-19-13;/h7-10,16,20H,5-6H2,1-4H3;1H. The predicted octanol–water partition coefficient (Wildman–Crippen LogP) is 2.86. The van der Waals surface area contributed by atoms with E-state index in [1.165, 1.54) is 0 Å². The zero-order valence-corrected chi connectivity index (χ0v) is 15.6. The summed E-state index contributed by atoms with van der Waals surface area (Å²) < 4.78 is 10.4. The van der Waals surface area contributed by atoms with E-state index in [-0.39, 0.29) is 25.6 Å². The first kappa shape index (κ1) is 20.7. The topological polar surface area (TPSA) is 77.5 Å². The number of rotatable bonds is 5. The lowest BCUT2D eigenvalue weighted by Gasteiger charge is -2.29. The Kier molecular flexibility index (Phi) is 7.64. The molecular weight excluding hydrogens is 344 g/mol. The number of esters is 2. The van der Waals surface area contributed by atoms with Crippen LogP contribution in [-0.2, 0) is 19.1 Å². The van der Waals surface area contributed by atoms with Gasteiger partial charge in [0.1, 0.15) is 0 Å². The Hall–Kier alpha value is -2.34. The number of nitrogens with zero attached hydrogens (tertiary/aromatic N) is 1. The molecule has 0 aliphatic carbocycles. The molecule has 0 spiro atoms. The molecular formula is C18H23ClN2O4. The Bertz CT molecular complexity index is 658. The second-order valence-electron chi connectivity index (χ2n) is 5.33. The molecule has 2 heterocycles. The summed E-state index contributed by atoms with van der Waals surface area (Å²) in [4.78, 5) is 29.3. The Morgan fingerprint density at radius 1 is 1.04 bits per heavy atom. The first-order valence-corrected chi connectivity index (χ1v) is 7.94. The number of allylic oxidation sites excluding steroid dienone is 2. The first-order chi connectivity index (χ1) is 11.5. The van der Waals surface area contributed by atoms with Crippen LogP contribution >= 0.6 is 12.4 Å². The van der Waals surface area contributed by atoms with Gasteiger partial charge in [-0.2, -0.15) is 0 Å². The quantitative estimate of drug-likeness (QED) is 0.807. The molecule has 1 aliphatic rings. The van der Waals surface area contributed by atoms with Crippen molar-refractivity contribution in [2.75, 3.05) is 13.2 Å². The molecule has 7 heteroatoms. The summed E-state index contributed by atoms with van der Waals surface area (Å²) in [6, 6.07) is 5.39. The van der Waals surface area contributed by atoms with E-state index >= 15 is 0 Å². The number of carbonyl (C=O) groups is 2. The number of nitrogens with one attached hydrogen (secondary N) is 1. The van der Waals surface area contributed by atoms with Crippen LogP contribution in [0.2, 0.25) is 0 Å². The second-order valence-corrected chi connectivity index (χ2v) is 5.33. The number of pyridine rings is 1. The van der Waals surface area contributed by atoms with E-state index in [0.29, 0.717) is 28.2 Å². The van der Waals surface area contributed by atoms with Gasteiger partial charge in [-0.05, 0) is 39.8 Å². The summed E-state index contributed by atoms with van der Waals surface area (Å²) in [6.45, 7) is 7.56. The Morgan fingerprint density at radius 3 is 1.96 bits per heavy atom. The van der Waals surface area contributed by atoms with Gasteiger partial charge in [0.05, 0.1) is 36.0 Å². The van der Waals surface area contributed by atoms with E-state index in [1.54, 1.807) is 46.0 Å². The number of halogens is 1. The molecule has 1 aromatic rings. The third-order valence-corrected chi connectivity index (χ3v) is 3.73. The van der Waals surface area contributed by atoms with Gasteiger partial charge in [0, 0.05) is 17.6 Å². The lowest BCUT2D eigenvalue weighted by molar-refractivity contribution is -0.139. The Balaban J connectivity index is 0.00000312. The first-order valence-electron chi connectivity index (χ1n) is 7.94. The molecule has 0 bridgehead atoms. The van der Waals surface area contributed by atoms with Crippen LogP contribution < -0.4 is 5.32 Å². The molecule has 1 aliphatic heterocycles. The maximum absolute atomic E-state index is 12.5. The fourth-order valence-corrected chi connectivity index (χ4v) is 2.80. The zero-order valence-electron chi connectivity index (χ0n) is 14.8. The number of hydrogen-bond acceptors (Lipinski definition) is 6. The number of dihydropyridines is 1. The van der Waals surface area contributed by atoms with Crippen LogP contribution in [0.25, 0.3) is 0 Å². The molecule has 2 rings (SSSR count). The van der Waals surface area contributed by atoms with Crippen LogP contribution in [0.15, 0.2) is 46.9 Å². The largest absolute Gasteiger partial charge is 0.463 e. The van der Waals surface area contributed by atoms with Crippen molar-refractivity contribution >= 4 is 24.3 Å². The maximum Gasteiger partial charge on any atom is 0.336 e. The minimum atomic E-state index is -0.620. The van der Waals surface area contributed by atoms with Crippen LogP contribution in [0.1, 0.15) is 39.3 Å². The van der Waals surface area contributed by atoms with Gasteiger partial charge in [-0.25, -0.2) is 9.59 Å². The van der Waals surface area contributed by atoms with E-state index < -0.39 is 17.9 Å². The summed E-state index contributed by atoms with van der Waals surface area (Å²) in [5, 5.41) is 3.09. The number of hydrogen-bond donors (Lipinski definition) is 1. The van der Waals surface area contributed by atoms with Gasteiger partial charge in [0.15, 0.2) is 0 Å². The van der Waals surface area contributed by atoms with Crippen molar-refractivity contribution in [2.45, 2.75) is 33.6 Å². The van der Waals surface area contributed by atoms with Crippen molar-refractivity contribution in [3.8, 4) is 0 Å². The van der Waals surface area contributed by atoms with Crippen molar-refractivity contribution in [3.05, 3.63) is 52.6 Å². The highest BCUT2D eigenvalue weighted by Crippen LogP contribution is 2.38. The average molecular weight is 367 g/mol. The fourth-order valence-electron chi connectivity index (χ4n) is 2.80. The van der Waals surface area contributed by atoms with Crippen LogP contribution in [0.5, 0.6) is 0 Å². The van der Waals surface area contributed by atoms with Crippen molar-refractivity contribution < 1.29 is 19.1 Å². The minimum Gasteiger partial charge on any atom is -0.463 e. The molecule has 0 saturated heterocycles. The molecule has 0 saturated carbocycles. The third kappa shape index (κ3) is 4.39. The number of ether oxygens (including phenoxy) is 2. The van der Waals surface area contributed by atoms with Gasteiger partial charge in [-0.1, -0.05) is 6.07 Å².